The molecule has 156 valence electrons. The second kappa shape index (κ2) is 8.95. The number of rotatable bonds is 7. The smallest absolute Gasteiger partial charge is 0.261 e. The highest BCUT2D eigenvalue weighted by molar-refractivity contribution is 6.07. The zero-order valence-corrected chi connectivity index (χ0v) is 16.9. The molecule has 2 aromatic heterocycles. The Kier molecular flexibility index (Phi) is 5.75. The molecular weight excluding hydrogens is 396 g/mol. The summed E-state index contributed by atoms with van der Waals surface area (Å²) in [6, 6.07) is 18.1. The second-order valence-corrected chi connectivity index (χ2v) is 6.39. The fraction of sp³-hybridized carbons (Fsp3) is 0.0909. The lowest BCUT2D eigenvalue weighted by Crippen LogP contribution is -2.15. The van der Waals surface area contributed by atoms with E-state index in [9.17, 15) is 4.79 Å². The van der Waals surface area contributed by atoms with Crippen LogP contribution in [0.15, 0.2) is 66.9 Å². The standard InChI is InChI=1S/C22H20N6O3/c1-30-17-11-5-3-8-14(17)20-25-22(28-27-20)26-21(29)15-9-7-13-23-19(15)24-16-10-4-6-12-18(16)31-2/h3-13H,1-2H3,(H,23,24)(H2,25,26,27,28,29). The van der Waals surface area contributed by atoms with Crippen LogP contribution in [0.1, 0.15) is 10.4 Å². The van der Waals surface area contributed by atoms with Crippen LogP contribution in [0, 0.1) is 0 Å². The second-order valence-electron chi connectivity index (χ2n) is 6.39. The van der Waals surface area contributed by atoms with Crippen LogP contribution in [0.5, 0.6) is 11.5 Å². The lowest BCUT2D eigenvalue weighted by molar-refractivity contribution is 0.102. The van der Waals surface area contributed by atoms with Crippen molar-refractivity contribution in [1.82, 2.24) is 20.2 Å². The molecule has 0 fully saturated rings. The molecule has 0 bridgehead atoms. The largest absolute Gasteiger partial charge is 0.496 e. The molecule has 0 aliphatic heterocycles. The van der Waals surface area contributed by atoms with Gasteiger partial charge in [-0.15, -0.1) is 5.10 Å². The van der Waals surface area contributed by atoms with Gasteiger partial charge in [-0.25, -0.2) is 4.98 Å². The maximum Gasteiger partial charge on any atom is 0.261 e. The Morgan fingerprint density at radius 1 is 0.935 bits per heavy atom. The van der Waals surface area contributed by atoms with Crippen LogP contribution in [0.2, 0.25) is 0 Å². The van der Waals surface area contributed by atoms with Crippen molar-refractivity contribution in [1.29, 1.82) is 0 Å². The highest BCUT2D eigenvalue weighted by atomic mass is 16.5. The molecule has 0 aliphatic carbocycles. The number of H-pyrrole nitrogens is 1. The lowest BCUT2D eigenvalue weighted by Gasteiger charge is -2.12. The van der Waals surface area contributed by atoms with Gasteiger partial charge in [0, 0.05) is 6.20 Å². The normalized spacial score (nSPS) is 10.4. The molecule has 0 unspecified atom stereocenters. The first-order chi connectivity index (χ1) is 15.2. The summed E-state index contributed by atoms with van der Waals surface area (Å²) in [5.41, 5.74) is 1.75. The van der Waals surface area contributed by atoms with Crippen LogP contribution in [-0.2, 0) is 0 Å². The van der Waals surface area contributed by atoms with E-state index >= 15 is 0 Å². The highest BCUT2D eigenvalue weighted by Gasteiger charge is 2.17. The minimum atomic E-state index is -0.406. The average Bonchev–Trinajstić information content (AvgIpc) is 3.28. The van der Waals surface area contributed by atoms with Gasteiger partial charge in [0.1, 0.15) is 17.3 Å². The number of methoxy groups -OCH3 is 2. The summed E-state index contributed by atoms with van der Waals surface area (Å²) in [7, 11) is 3.16. The third-order valence-electron chi connectivity index (χ3n) is 4.49. The van der Waals surface area contributed by atoms with Gasteiger partial charge < -0.3 is 14.8 Å². The predicted octanol–water partition coefficient (Wildman–Crippen LogP) is 3.88. The number of amides is 1. The van der Waals surface area contributed by atoms with Crippen molar-refractivity contribution in [3.8, 4) is 22.9 Å². The molecule has 2 aromatic carbocycles. The van der Waals surface area contributed by atoms with E-state index < -0.39 is 5.91 Å². The van der Waals surface area contributed by atoms with Crippen LogP contribution in [-0.4, -0.2) is 40.3 Å². The molecule has 0 saturated carbocycles. The monoisotopic (exact) mass is 416 g/mol. The number of para-hydroxylation sites is 3. The van der Waals surface area contributed by atoms with Crippen LogP contribution in [0.3, 0.4) is 0 Å². The number of carbonyl (C=O) groups is 1. The zero-order valence-electron chi connectivity index (χ0n) is 16.9. The number of pyridine rings is 1. The van der Waals surface area contributed by atoms with Gasteiger partial charge in [-0.3, -0.25) is 15.2 Å². The van der Waals surface area contributed by atoms with Crippen molar-refractivity contribution in [2.75, 3.05) is 24.9 Å². The first-order valence-corrected chi connectivity index (χ1v) is 9.42. The molecule has 0 atom stereocenters. The third kappa shape index (κ3) is 4.30. The molecule has 1 amide bonds. The van der Waals surface area contributed by atoms with Crippen LogP contribution in [0.4, 0.5) is 17.5 Å². The van der Waals surface area contributed by atoms with Gasteiger partial charge in [0.2, 0.25) is 5.95 Å². The van der Waals surface area contributed by atoms with E-state index in [2.05, 4.69) is 30.8 Å². The molecule has 0 spiro atoms. The Bertz CT molecular complexity index is 1210. The quantitative estimate of drug-likeness (QED) is 0.419. The van der Waals surface area contributed by atoms with Gasteiger partial charge in [0.25, 0.3) is 5.91 Å². The van der Waals surface area contributed by atoms with Gasteiger partial charge >= 0.3 is 0 Å². The molecule has 4 rings (SSSR count). The van der Waals surface area contributed by atoms with Gasteiger partial charge in [-0.05, 0) is 36.4 Å². The average molecular weight is 416 g/mol. The molecule has 2 heterocycles. The van der Waals surface area contributed by atoms with Crippen molar-refractivity contribution in [3.63, 3.8) is 0 Å². The Balaban J connectivity index is 1.56. The Hall–Kier alpha value is -4.40. The first kappa shape index (κ1) is 19.9. The number of hydrogen-bond acceptors (Lipinski definition) is 7. The predicted molar refractivity (Wildman–Crippen MR) is 117 cm³/mol. The summed E-state index contributed by atoms with van der Waals surface area (Å²) >= 11 is 0. The molecule has 31 heavy (non-hydrogen) atoms. The fourth-order valence-electron chi connectivity index (χ4n) is 3.01. The molecule has 0 radical (unpaired) electrons. The van der Waals surface area contributed by atoms with E-state index in [0.717, 1.165) is 5.56 Å². The van der Waals surface area contributed by atoms with Crippen LogP contribution >= 0.6 is 0 Å². The number of benzene rings is 2. The van der Waals surface area contributed by atoms with E-state index in [1.54, 1.807) is 32.5 Å². The number of carbonyl (C=O) groups excluding carboxylic acids is 1. The van der Waals surface area contributed by atoms with E-state index in [1.165, 1.54) is 0 Å². The summed E-state index contributed by atoms with van der Waals surface area (Å²) in [6.07, 6.45) is 1.60. The van der Waals surface area contributed by atoms with Crippen molar-refractivity contribution in [3.05, 3.63) is 72.4 Å². The van der Waals surface area contributed by atoms with Crippen LogP contribution < -0.4 is 20.1 Å². The minimum Gasteiger partial charge on any atom is -0.496 e. The Morgan fingerprint density at radius 2 is 1.68 bits per heavy atom. The number of anilines is 3. The summed E-state index contributed by atoms with van der Waals surface area (Å²) in [5, 5.41) is 12.7. The van der Waals surface area contributed by atoms with Gasteiger partial charge in [0.15, 0.2) is 5.82 Å². The highest BCUT2D eigenvalue weighted by Crippen LogP contribution is 2.29. The summed E-state index contributed by atoms with van der Waals surface area (Å²) in [5.74, 6) is 1.87. The number of aromatic nitrogens is 4. The SMILES string of the molecule is COc1ccccc1Nc1ncccc1C(=O)Nc1n[nH]c(-c2ccccc2OC)n1. The number of hydrogen-bond donors (Lipinski definition) is 3. The Morgan fingerprint density at radius 3 is 2.48 bits per heavy atom. The van der Waals surface area contributed by atoms with Crippen molar-refractivity contribution in [2.45, 2.75) is 0 Å². The first-order valence-electron chi connectivity index (χ1n) is 9.42. The molecule has 4 aromatic rings. The number of nitrogens with zero attached hydrogens (tertiary/aromatic N) is 3. The van der Waals surface area contributed by atoms with E-state index in [-0.39, 0.29) is 5.95 Å². The molecule has 9 heteroatoms. The number of aromatic amines is 1. The molecule has 0 aliphatic rings. The maximum atomic E-state index is 12.9. The summed E-state index contributed by atoms with van der Waals surface area (Å²) in [4.78, 5) is 21.6. The topological polar surface area (TPSA) is 114 Å². The van der Waals surface area contributed by atoms with Crippen molar-refractivity contribution in [2.24, 2.45) is 0 Å². The third-order valence-corrected chi connectivity index (χ3v) is 4.49. The van der Waals surface area contributed by atoms with E-state index in [0.29, 0.717) is 34.4 Å². The summed E-state index contributed by atoms with van der Waals surface area (Å²) in [6.45, 7) is 0. The summed E-state index contributed by atoms with van der Waals surface area (Å²) < 4.78 is 10.7. The van der Waals surface area contributed by atoms with Crippen molar-refractivity contribution >= 4 is 23.4 Å². The lowest BCUT2D eigenvalue weighted by atomic mass is 10.2. The van der Waals surface area contributed by atoms with Gasteiger partial charge in [0.05, 0.1) is 31.0 Å². The fourth-order valence-corrected chi connectivity index (χ4v) is 3.01. The zero-order chi connectivity index (χ0) is 21.6. The number of ether oxygens (including phenoxy) is 2. The van der Waals surface area contributed by atoms with Gasteiger partial charge in [-0.2, -0.15) is 4.98 Å². The Labute approximate surface area is 178 Å². The minimum absolute atomic E-state index is 0.137. The molecule has 9 nitrogen and oxygen atoms in total. The number of nitrogens with one attached hydrogen (secondary N) is 3. The van der Waals surface area contributed by atoms with Crippen LogP contribution in [0.25, 0.3) is 11.4 Å². The van der Waals surface area contributed by atoms with E-state index in [1.807, 2.05) is 48.5 Å². The molecular formula is C22H20N6O3. The molecule has 0 saturated heterocycles. The van der Waals surface area contributed by atoms with E-state index in [4.69, 9.17) is 9.47 Å². The molecule has 3 N–H and O–H groups in total. The van der Waals surface area contributed by atoms with Gasteiger partial charge in [-0.1, -0.05) is 24.3 Å². The van der Waals surface area contributed by atoms with Crippen molar-refractivity contribution < 1.29 is 14.3 Å². The maximum absolute atomic E-state index is 12.9.